The Bertz CT molecular complexity index is 908. The van der Waals surface area contributed by atoms with E-state index in [1.807, 2.05) is 18.5 Å². The van der Waals surface area contributed by atoms with E-state index >= 15 is 0 Å². The SMILES string of the molecule is Cc1nnc(CN=C(NC2CCCC2)NC2CC3CCC(C2)N3Cc2ccccc2)n1C.I. The number of piperidine rings is 1. The van der Waals surface area contributed by atoms with E-state index in [1.165, 1.54) is 56.9 Å². The summed E-state index contributed by atoms with van der Waals surface area (Å²) < 4.78 is 2.03. The van der Waals surface area contributed by atoms with Gasteiger partial charge in [-0.15, -0.1) is 34.2 Å². The predicted molar refractivity (Wildman–Crippen MR) is 143 cm³/mol. The number of aliphatic imine (C=N–C) groups is 1. The van der Waals surface area contributed by atoms with Crippen molar-refractivity contribution in [1.29, 1.82) is 0 Å². The molecule has 2 unspecified atom stereocenters. The molecule has 2 saturated heterocycles. The zero-order chi connectivity index (χ0) is 21.9. The van der Waals surface area contributed by atoms with Gasteiger partial charge in [0.2, 0.25) is 0 Å². The van der Waals surface area contributed by atoms with Crippen molar-refractivity contribution in [2.24, 2.45) is 12.0 Å². The van der Waals surface area contributed by atoms with Crippen molar-refractivity contribution >= 4 is 29.9 Å². The first-order chi connectivity index (χ1) is 15.7. The first kappa shape index (κ1) is 24.4. The molecule has 5 rings (SSSR count). The molecule has 0 radical (unpaired) electrons. The molecule has 33 heavy (non-hydrogen) atoms. The largest absolute Gasteiger partial charge is 0.354 e. The summed E-state index contributed by atoms with van der Waals surface area (Å²) in [6.45, 7) is 3.62. The van der Waals surface area contributed by atoms with Gasteiger partial charge in [0.15, 0.2) is 11.8 Å². The Kier molecular flexibility index (Phi) is 8.27. The number of nitrogens with zero attached hydrogens (tertiary/aromatic N) is 5. The second kappa shape index (κ2) is 11.2. The summed E-state index contributed by atoms with van der Waals surface area (Å²) in [6.07, 6.45) is 10.1. The Labute approximate surface area is 214 Å². The van der Waals surface area contributed by atoms with Crippen molar-refractivity contribution in [2.45, 2.75) is 95.5 Å². The summed E-state index contributed by atoms with van der Waals surface area (Å²) in [7, 11) is 2.01. The first-order valence-corrected chi connectivity index (χ1v) is 12.4. The Morgan fingerprint density at radius 2 is 1.64 bits per heavy atom. The quantitative estimate of drug-likeness (QED) is 0.317. The van der Waals surface area contributed by atoms with Gasteiger partial charge in [-0.1, -0.05) is 43.2 Å². The molecule has 2 atom stereocenters. The molecule has 3 heterocycles. The number of hydrogen-bond donors (Lipinski definition) is 2. The summed E-state index contributed by atoms with van der Waals surface area (Å²) in [6, 6.07) is 13.3. The van der Waals surface area contributed by atoms with Crippen LogP contribution in [-0.4, -0.2) is 49.8 Å². The van der Waals surface area contributed by atoms with Gasteiger partial charge in [0.1, 0.15) is 12.4 Å². The third-order valence-electron chi connectivity index (χ3n) is 7.69. The fourth-order valence-electron chi connectivity index (χ4n) is 5.77. The van der Waals surface area contributed by atoms with Gasteiger partial charge in [0.25, 0.3) is 0 Å². The topological polar surface area (TPSA) is 70.4 Å². The molecular formula is C25H38IN7. The minimum absolute atomic E-state index is 0. The maximum atomic E-state index is 4.94. The molecule has 1 saturated carbocycles. The van der Waals surface area contributed by atoms with E-state index in [0.29, 0.717) is 30.7 Å². The monoisotopic (exact) mass is 563 g/mol. The van der Waals surface area contributed by atoms with E-state index in [1.54, 1.807) is 0 Å². The number of benzene rings is 1. The average molecular weight is 564 g/mol. The zero-order valence-electron chi connectivity index (χ0n) is 19.9. The van der Waals surface area contributed by atoms with Gasteiger partial charge in [-0.3, -0.25) is 4.90 Å². The fraction of sp³-hybridized carbons (Fsp3) is 0.640. The maximum Gasteiger partial charge on any atom is 0.192 e. The van der Waals surface area contributed by atoms with Crippen molar-refractivity contribution in [2.75, 3.05) is 0 Å². The summed E-state index contributed by atoms with van der Waals surface area (Å²) >= 11 is 0. The molecule has 2 aliphatic heterocycles. The molecule has 2 bridgehead atoms. The highest BCUT2D eigenvalue weighted by Gasteiger charge is 2.40. The normalized spacial score (nSPS) is 25.8. The lowest BCUT2D eigenvalue weighted by atomic mass is 9.96. The van der Waals surface area contributed by atoms with Crippen molar-refractivity contribution in [1.82, 2.24) is 30.3 Å². The predicted octanol–water partition coefficient (Wildman–Crippen LogP) is 3.91. The van der Waals surface area contributed by atoms with Crippen LogP contribution in [0.25, 0.3) is 0 Å². The molecule has 3 aliphatic rings. The lowest BCUT2D eigenvalue weighted by Crippen LogP contribution is -2.53. The van der Waals surface area contributed by atoms with E-state index in [4.69, 9.17) is 4.99 Å². The number of guanidine groups is 1. The third kappa shape index (κ3) is 5.88. The second-order valence-electron chi connectivity index (χ2n) is 9.87. The average Bonchev–Trinajstić information content (AvgIpc) is 3.48. The highest BCUT2D eigenvalue weighted by Crippen LogP contribution is 2.36. The first-order valence-electron chi connectivity index (χ1n) is 12.4. The van der Waals surface area contributed by atoms with Gasteiger partial charge in [0, 0.05) is 37.8 Å². The standard InChI is InChI=1S/C25H37N7.HI/c1-18-29-30-24(31(18)2)16-26-25(27-20-10-6-7-11-20)28-21-14-22-12-13-23(15-21)32(22)17-19-8-4-3-5-9-19;/h3-5,8-9,20-23H,6-7,10-17H2,1-2H3,(H2,26,27,28);1H. The molecule has 2 N–H and O–H groups in total. The van der Waals surface area contributed by atoms with E-state index in [9.17, 15) is 0 Å². The van der Waals surface area contributed by atoms with Crippen LogP contribution in [0, 0.1) is 6.92 Å². The van der Waals surface area contributed by atoms with Crippen molar-refractivity contribution in [3.8, 4) is 0 Å². The van der Waals surface area contributed by atoms with Gasteiger partial charge in [0.05, 0.1) is 0 Å². The van der Waals surface area contributed by atoms with Crippen molar-refractivity contribution in [3.63, 3.8) is 0 Å². The molecule has 3 fully saturated rings. The molecule has 8 heteroatoms. The Balaban J connectivity index is 0.00000259. The number of hydrogen-bond acceptors (Lipinski definition) is 4. The Hall–Kier alpha value is -1.68. The zero-order valence-corrected chi connectivity index (χ0v) is 22.2. The molecule has 180 valence electrons. The van der Waals surface area contributed by atoms with Gasteiger partial charge in [-0.25, -0.2) is 4.99 Å². The van der Waals surface area contributed by atoms with Gasteiger partial charge in [-0.05, 0) is 51.0 Å². The molecule has 7 nitrogen and oxygen atoms in total. The summed E-state index contributed by atoms with van der Waals surface area (Å²) in [5.74, 6) is 2.79. The van der Waals surface area contributed by atoms with Gasteiger partial charge >= 0.3 is 0 Å². The highest BCUT2D eigenvalue weighted by molar-refractivity contribution is 14.0. The van der Waals surface area contributed by atoms with Crippen molar-refractivity contribution in [3.05, 3.63) is 47.5 Å². The smallest absolute Gasteiger partial charge is 0.192 e. The van der Waals surface area contributed by atoms with E-state index < -0.39 is 0 Å². The van der Waals surface area contributed by atoms with Crippen LogP contribution in [0.3, 0.4) is 0 Å². The van der Waals surface area contributed by atoms with Crippen LogP contribution >= 0.6 is 24.0 Å². The lowest BCUT2D eigenvalue weighted by Gasteiger charge is -2.40. The van der Waals surface area contributed by atoms with E-state index in [2.05, 4.69) is 56.1 Å². The molecule has 0 amide bonds. The Morgan fingerprint density at radius 3 is 2.27 bits per heavy atom. The number of rotatable bonds is 6. The van der Waals surface area contributed by atoms with E-state index in [-0.39, 0.29) is 24.0 Å². The van der Waals surface area contributed by atoms with Crippen LogP contribution < -0.4 is 10.6 Å². The fourth-order valence-corrected chi connectivity index (χ4v) is 5.77. The third-order valence-corrected chi connectivity index (χ3v) is 7.69. The molecule has 0 spiro atoms. The summed E-state index contributed by atoms with van der Waals surface area (Å²) in [5.41, 5.74) is 1.43. The maximum absolute atomic E-state index is 4.94. The number of aromatic nitrogens is 3. The minimum Gasteiger partial charge on any atom is -0.354 e. The van der Waals surface area contributed by atoms with Crippen LogP contribution in [0.4, 0.5) is 0 Å². The minimum atomic E-state index is 0. The lowest BCUT2D eigenvalue weighted by molar-refractivity contribution is 0.114. The van der Waals surface area contributed by atoms with Crippen LogP contribution in [0.1, 0.15) is 68.6 Å². The Morgan fingerprint density at radius 1 is 0.970 bits per heavy atom. The van der Waals surface area contributed by atoms with Gasteiger partial charge < -0.3 is 15.2 Å². The van der Waals surface area contributed by atoms with E-state index in [0.717, 1.165) is 24.2 Å². The van der Waals surface area contributed by atoms with Crippen molar-refractivity contribution < 1.29 is 0 Å². The molecule has 2 aromatic rings. The molecule has 1 aliphatic carbocycles. The van der Waals surface area contributed by atoms with Crippen LogP contribution in [-0.2, 0) is 20.1 Å². The highest BCUT2D eigenvalue weighted by atomic mass is 127. The number of aryl methyl sites for hydroxylation is 1. The van der Waals surface area contributed by atoms with Crippen LogP contribution in [0.5, 0.6) is 0 Å². The van der Waals surface area contributed by atoms with Crippen LogP contribution in [0.15, 0.2) is 35.3 Å². The number of halogens is 1. The summed E-state index contributed by atoms with van der Waals surface area (Å²) in [5, 5.41) is 16.0. The second-order valence-corrected chi connectivity index (χ2v) is 9.87. The molecule has 1 aromatic heterocycles. The van der Waals surface area contributed by atoms with Gasteiger partial charge in [-0.2, -0.15) is 0 Å². The number of fused-ring (bicyclic) bond motifs is 2. The van der Waals surface area contributed by atoms with Crippen LogP contribution in [0.2, 0.25) is 0 Å². The molecule has 1 aromatic carbocycles. The number of nitrogens with one attached hydrogen (secondary N) is 2. The molecular weight excluding hydrogens is 525 g/mol. The summed E-state index contributed by atoms with van der Waals surface area (Å²) in [4.78, 5) is 7.69.